The van der Waals surface area contributed by atoms with Crippen LogP contribution in [0.5, 0.6) is 11.5 Å². The fourth-order valence-electron chi connectivity index (χ4n) is 2.16. The fraction of sp³-hybridized carbons (Fsp3) is 0.200. The Labute approximate surface area is 149 Å². The number of phosphoric acid groups is 1. The van der Waals surface area contributed by atoms with E-state index in [-0.39, 0.29) is 0 Å². The summed E-state index contributed by atoms with van der Waals surface area (Å²) in [6, 6.07) is 13.8. The predicted octanol–water partition coefficient (Wildman–Crippen LogP) is 4.93. The van der Waals surface area contributed by atoms with E-state index < -0.39 is 18.1 Å². The van der Waals surface area contributed by atoms with Crippen LogP contribution >= 0.6 is 43.0 Å². The quantitative estimate of drug-likeness (QED) is 0.536. The monoisotopic (exact) mass is 392 g/mol. The number of hydrogen-bond acceptors (Lipinski definition) is 4. The molecule has 0 N–H and O–H groups in total. The predicted molar refractivity (Wildman–Crippen MR) is 89.9 cm³/mol. The highest BCUT2D eigenvalue weighted by molar-refractivity contribution is 7.54. The maximum Gasteiger partial charge on any atom is 0.473 e. The van der Waals surface area contributed by atoms with Gasteiger partial charge in [-0.2, -0.15) is 4.52 Å². The van der Waals surface area contributed by atoms with Crippen molar-refractivity contribution in [1.82, 2.24) is 0 Å². The van der Waals surface area contributed by atoms with Crippen LogP contribution in [0, 0.1) is 6.92 Å². The van der Waals surface area contributed by atoms with Crippen LogP contribution < -0.4 is 13.9 Å². The molecule has 0 bridgehead atoms. The standard InChI is InChI=1S/C15H12Cl3O4P/c1-10-6-2-4-8-12(10)20-23(19)21-13-9-5-3-7-11(13)14(22-23)15(16,17)18/h2-9,14H,1H3. The van der Waals surface area contributed by atoms with Crippen LogP contribution in [0.15, 0.2) is 48.5 Å². The molecule has 8 heteroatoms. The molecule has 4 nitrogen and oxygen atoms in total. The molecule has 0 spiro atoms. The summed E-state index contributed by atoms with van der Waals surface area (Å²) in [5.41, 5.74) is 1.27. The third kappa shape index (κ3) is 3.69. The first-order chi connectivity index (χ1) is 10.8. The highest BCUT2D eigenvalue weighted by Crippen LogP contribution is 2.64. The molecule has 2 atom stereocenters. The highest BCUT2D eigenvalue weighted by atomic mass is 35.6. The first-order valence-electron chi connectivity index (χ1n) is 6.67. The lowest BCUT2D eigenvalue weighted by Crippen LogP contribution is -2.33. The summed E-state index contributed by atoms with van der Waals surface area (Å²) in [5.74, 6) is 0.672. The number of rotatable bonds is 2. The summed E-state index contributed by atoms with van der Waals surface area (Å²) in [4.78, 5) is 12.9. The van der Waals surface area contributed by atoms with Gasteiger partial charge in [0.25, 0.3) is 0 Å². The Morgan fingerprint density at radius 1 is 1.09 bits per heavy atom. The van der Waals surface area contributed by atoms with Gasteiger partial charge in [-0.15, -0.1) is 0 Å². The first-order valence-corrected chi connectivity index (χ1v) is 9.27. The van der Waals surface area contributed by atoms with Gasteiger partial charge in [0.1, 0.15) is 0 Å². The summed E-state index contributed by atoms with van der Waals surface area (Å²) >= 11 is 17.9. The van der Waals surface area contributed by atoms with Crippen LogP contribution in [0.25, 0.3) is 0 Å². The van der Waals surface area contributed by atoms with E-state index in [4.69, 9.17) is 48.4 Å². The second-order valence-electron chi connectivity index (χ2n) is 4.96. The number of alkyl halides is 3. The number of phosphoric ester groups is 1. The zero-order valence-electron chi connectivity index (χ0n) is 11.9. The van der Waals surface area contributed by atoms with Gasteiger partial charge in [0.15, 0.2) is 17.6 Å². The van der Waals surface area contributed by atoms with Crippen molar-refractivity contribution < 1.29 is 18.5 Å². The van der Waals surface area contributed by atoms with Gasteiger partial charge in [-0.3, -0.25) is 9.05 Å². The normalized spacial score (nSPS) is 23.8. The Morgan fingerprint density at radius 2 is 1.74 bits per heavy atom. The van der Waals surface area contributed by atoms with Crippen molar-refractivity contribution >= 4 is 43.0 Å². The van der Waals surface area contributed by atoms with E-state index in [1.165, 1.54) is 0 Å². The van der Waals surface area contributed by atoms with Crippen LogP contribution in [0.2, 0.25) is 0 Å². The third-order valence-corrected chi connectivity index (χ3v) is 5.15. The minimum Gasteiger partial charge on any atom is -0.591 e. The lowest BCUT2D eigenvalue weighted by molar-refractivity contribution is -0.238. The van der Waals surface area contributed by atoms with E-state index in [0.717, 1.165) is 5.56 Å². The van der Waals surface area contributed by atoms with Crippen LogP contribution in [0.1, 0.15) is 17.2 Å². The van der Waals surface area contributed by atoms with Crippen molar-refractivity contribution in [1.29, 1.82) is 0 Å². The maximum atomic E-state index is 12.9. The molecule has 0 aromatic heterocycles. The molecule has 0 radical (unpaired) electrons. The molecule has 0 amide bonds. The van der Waals surface area contributed by atoms with E-state index in [1.807, 2.05) is 19.1 Å². The topological polar surface area (TPSA) is 50.8 Å². The Hall–Kier alpha value is -0.740. The van der Waals surface area contributed by atoms with Gasteiger partial charge in [0, 0.05) is 5.56 Å². The number of halogens is 3. The van der Waals surface area contributed by atoms with Crippen LogP contribution in [0.3, 0.4) is 0 Å². The summed E-state index contributed by atoms with van der Waals surface area (Å²) in [5, 5.41) is 0. The molecule has 0 saturated carbocycles. The van der Waals surface area contributed by atoms with Gasteiger partial charge in [-0.1, -0.05) is 71.2 Å². The molecule has 1 aliphatic rings. The van der Waals surface area contributed by atoms with Crippen LogP contribution in [-0.2, 0) is 4.52 Å². The molecular formula is C15H12Cl3O4P. The van der Waals surface area contributed by atoms with E-state index in [9.17, 15) is 4.89 Å². The van der Waals surface area contributed by atoms with Gasteiger partial charge in [-0.25, -0.2) is 0 Å². The molecule has 2 aromatic carbocycles. The zero-order chi connectivity index (χ0) is 16.7. The Kier molecular flexibility index (Phi) is 4.67. The van der Waals surface area contributed by atoms with Gasteiger partial charge in [0.2, 0.25) is 3.79 Å². The third-order valence-electron chi connectivity index (χ3n) is 3.25. The van der Waals surface area contributed by atoms with E-state index in [0.29, 0.717) is 17.1 Å². The molecule has 1 heterocycles. The van der Waals surface area contributed by atoms with Crippen molar-refractivity contribution in [2.24, 2.45) is 0 Å². The average molecular weight is 394 g/mol. The summed E-state index contributed by atoms with van der Waals surface area (Å²) in [6.45, 7) is 1.81. The summed E-state index contributed by atoms with van der Waals surface area (Å²) in [6.07, 6.45) is -1.08. The van der Waals surface area contributed by atoms with E-state index in [1.54, 1.807) is 36.4 Å². The number of fused-ring (bicyclic) bond motifs is 1. The van der Waals surface area contributed by atoms with Crippen molar-refractivity contribution in [3.63, 3.8) is 0 Å². The van der Waals surface area contributed by atoms with Crippen molar-refractivity contribution in [3.05, 3.63) is 59.7 Å². The molecule has 3 rings (SSSR count). The van der Waals surface area contributed by atoms with Crippen molar-refractivity contribution in [2.75, 3.05) is 0 Å². The van der Waals surface area contributed by atoms with Crippen molar-refractivity contribution in [2.45, 2.75) is 16.8 Å². The summed E-state index contributed by atoms with van der Waals surface area (Å²) < 4.78 is 14.5. The Balaban J connectivity index is 1.97. The lowest BCUT2D eigenvalue weighted by atomic mass is 10.1. The van der Waals surface area contributed by atoms with Crippen LogP contribution in [0.4, 0.5) is 0 Å². The molecular weight excluding hydrogens is 381 g/mol. The highest BCUT2D eigenvalue weighted by Gasteiger charge is 2.53. The maximum absolute atomic E-state index is 12.9. The van der Waals surface area contributed by atoms with Gasteiger partial charge in [-0.05, 0) is 24.6 Å². The second-order valence-corrected chi connectivity index (χ2v) is 8.80. The lowest BCUT2D eigenvalue weighted by Gasteiger charge is -2.36. The minimum atomic E-state index is -4.00. The molecule has 0 aliphatic carbocycles. The number of para-hydroxylation sites is 2. The van der Waals surface area contributed by atoms with Gasteiger partial charge < -0.3 is 4.89 Å². The largest absolute Gasteiger partial charge is 0.591 e. The summed E-state index contributed by atoms with van der Waals surface area (Å²) in [7, 11) is -4.00. The van der Waals surface area contributed by atoms with Crippen molar-refractivity contribution in [3.8, 4) is 11.5 Å². The number of benzene rings is 2. The fourth-order valence-corrected chi connectivity index (χ4v) is 4.34. The first kappa shape index (κ1) is 17.1. The molecule has 0 saturated heterocycles. The van der Waals surface area contributed by atoms with Gasteiger partial charge in [0.05, 0.1) is 0 Å². The molecule has 122 valence electrons. The van der Waals surface area contributed by atoms with Gasteiger partial charge >= 0.3 is 8.17 Å². The second kappa shape index (κ2) is 6.29. The molecule has 1 aliphatic heterocycles. The Morgan fingerprint density at radius 3 is 2.43 bits per heavy atom. The molecule has 23 heavy (non-hydrogen) atoms. The number of hydrogen-bond donors (Lipinski definition) is 0. The molecule has 2 unspecified atom stereocenters. The van der Waals surface area contributed by atoms with E-state index >= 15 is 0 Å². The Bertz CT molecular complexity index is 722. The minimum absolute atomic E-state index is 0.298. The number of aryl methyl sites for hydroxylation is 1. The zero-order valence-corrected chi connectivity index (χ0v) is 15.1. The molecule has 2 aromatic rings. The SMILES string of the molecule is Cc1ccccc1O[P+]1([O-])Oc2ccccc2C(C(Cl)(Cl)Cl)O1. The molecule has 0 fully saturated rings. The van der Waals surface area contributed by atoms with Crippen LogP contribution in [-0.4, -0.2) is 3.79 Å². The van der Waals surface area contributed by atoms with E-state index in [2.05, 4.69) is 0 Å². The smallest absolute Gasteiger partial charge is 0.473 e. The average Bonchev–Trinajstić information content (AvgIpc) is 2.48.